The molecule has 2 aliphatic rings. The van der Waals surface area contributed by atoms with Gasteiger partial charge in [-0.3, -0.25) is 0 Å². The van der Waals surface area contributed by atoms with Crippen LogP contribution < -0.4 is 0 Å². The normalized spacial score (nSPS) is 32.5. The highest BCUT2D eigenvalue weighted by Gasteiger charge is 2.52. The zero-order valence-electron chi connectivity index (χ0n) is 23.5. The summed E-state index contributed by atoms with van der Waals surface area (Å²) in [5, 5.41) is 90.5. The van der Waals surface area contributed by atoms with E-state index in [1.807, 2.05) is 0 Å². The number of aliphatic hydroxyl groups is 5. The van der Waals surface area contributed by atoms with Gasteiger partial charge in [0.1, 0.15) is 36.6 Å². The van der Waals surface area contributed by atoms with E-state index in [-0.39, 0.29) is 30.3 Å². The van der Waals surface area contributed by atoms with Crippen LogP contribution in [0.4, 0.5) is 0 Å². The number of ether oxygens (including phenoxy) is 5. The van der Waals surface area contributed by atoms with Gasteiger partial charge in [-0.1, -0.05) is 12.1 Å². The Morgan fingerprint density at radius 2 is 1.50 bits per heavy atom. The summed E-state index contributed by atoms with van der Waals surface area (Å²) in [6, 6.07) is 7.98. The first-order chi connectivity index (χ1) is 20.9. The van der Waals surface area contributed by atoms with Gasteiger partial charge in [-0.25, -0.2) is 4.79 Å². The molecule has 15 heteroatoms. The predicted molar refractivity (Wildman–Crippen MR) is 147 cm³/mol. The van der Waals surface area contributed by atoms with Gasteiger partial charge in [0.15, 0.2) is 41.7 Å². The van der Waals surface area contributed by atoms with Crippen LogP contribution in [-0.4, -0.2) is 127 Å². The molecule has 2 aromatic carbocycles. The molecule has 10 atom stereocenters. The van der Waals surface area contributed by atoms with Gasteiger partial charge in [0.05, 0.1) is 19.3 Å². The van der Waals surface area contributed by atoms with E-state index in [2.05, 4.69) is 0 Å². The summed E-state index contributed by atoms with van der Waals surface area (Å²) in [5.74, 6) is -2.40. The van der Waals surface area contributed by atoms with Crippen molar-refractivity contribution in [3.8, 4) is 23.0 Å². The Morgan fingerprint density at radius 1 is 0.818 bits per heavy atom. The van der Waals surface area contributed by atoms with Gasteiger partial charge >= 0.3 is 5.97 Å². The third-order valence-electron chi connectivity index (χ3n) is 7.27. The maximum Gasteiger partial charge on any atom is 0.331 e. The van der Waals surface area contributed by atoms with Gasteiger partial charge in [0.25, 0.3) is 0 Å². The molecule has 4 rings (SSSR count). The fourth-order valence-electron chi connectivity index (χ4n) is 4.76. The molecule has 15 nitrogen and oxygen atoms in total. The lowest BCUT2D eigenvalue weighted by molar-refractivity contribution is -0.357. The maximum atomic E-state index is 12.8. The lowest BCUT2D eigenvalue weighted by Crippen LogP contribution is -2.65. The van der Waals surface area contributed by atoms with E-state index in [1.165, 1.54) is 43.3 Å². The fourth-order valence-corrected chi connectivity index (χ4v) is 4.76. The number of carbonyl (C=O) groups excluding carboxylic acids is 1. The van der Waals surface area contributed by atoms with Crippen molar-refractivity contribution in [2.75, 3.05) is 13.2 Å². The molecule has 2 heterocycles. The van der Waals surface area contributed by atoms with Crippen LogP contribution in [0.2, 0.25) is 0 Å². The topological polar surface area (TPSA) is 245 Å². The van der Waals surface area contributed by atoms with Gasteiger partial charge in [-0.15, -0.1) is 0 Å². The monoisotopic (exact) mass is 624 g/mol. The first-order valence-corrected chi connectivity index (χ1v) is 13.7. The zero-order valence-corrected chi connectivity index (χ0v) is 23.5. The number of carbonyl (C=O) groups is 1. The van der Waals surface area contributed by atoms with Crippen molar-refractivity contribution in [2.45, 2.75) is 74.8 Å². The largest absolute Gasteiger partial charge is 0.504 e. The Morgan fingerprint density at radius 3 is 2.16 bits per heavy atom. The number of hydrogen-bond acceptors (Lipinski definition) is 15. The minimum absolute atomic E-state index is 0.0754. The summed E-state index contributed by atoms with van der Waals surface area (Å²) < 4.78 is 28.2. The molecule has 0 aliphatic carbocycles. The van der Waals surface area contributed by atoms with Crippen LogP contribution >= 0.6 is 0 Å². The molecule has 44 heavy (non-hydrogen) atoms. The van der Waals surface area contributed by atoms with Crippen molar-refractivity contribution in [3.05, 3.63) is 53.6 Å². The van der Waals surface area contributed by atoms with Crippen molar-refractivity contribution < 1.29 is 74.4 Å². The van der Waals surface area contributed by atoms with Gasteiger partial charge in [-0.2, -0.15) is 0 Å². The summed E-state index contributed by atoms with van der Waals surface area (Å²) >= 11 is 0. The Kier molecular flexibility index (Phi) is 11.0. The molecule has 0 unspecified atom stereocenters. The van der Waals surface area contributed by atoms with Crippen molar-refractivity contribution in [1.82, 2.24) is 0 Å². The molecule has 2 aliphatic heterocycles. The number of rotatable bonds is 10. The first-order valence-electron chi connectivity index (χ1n) is 13.7. The molecule has 2 saturated heterocycles. The van der Waals surface area contributed by atoms with Gasteiger partial charge in [-0.05, 0) is 54.8 Å². The SMILES string of the molecule is C[C@H]1O[C@@H](O[C@H]2[C@@H](O)[C@H](OCCc3ccc(O)c(O)c3)O[C@H](CO)[C@H]2OC(=O)C=Cc2ccc(O)c(O)c2)[C@@H](O)[C@H](O)[C@H]1O. The Labute approximate surface area is 251 Å². The van der Waals surface area contributed by atoms with Crippen LogP contribution in [0.3, 0.4) is 0 Å². The van der Waals surface area contributed by atoms with Gasteiger partial charge in [0, 0.05) is 6.08 Å². The molecular weight excluding hydrogens is 588 g/mol. The summed E-state index contributed by atoms with van der Waals surface area (Å²) in [6.45, 7) is 0.606. The van der Waals surface area contributed by atoms with Crippen LogP contribution in [0.25, 0.3) is 6.08 Å². The number of phenolic OH excluding ortho intramolecular Hbond substituents is 4. The minimum Gasteiger partial charge on any atom is -0.504 e. The summed E-state index contributed by atoms with van der Waals surface area (Å²) in [6.07, 6.45) is -12.6. The lowest BCUT2D eigenvalue weighted by Gasteiger charge is -2.46. The summed E-state index contributed by atoms with van der Waals surface area (Å²) in [7, 11) is 0. The molecule has 242 valence electrons. The second-order valence-corrected chi connectivity index (χ2v) is 10.4. The maximum absolute atomic E-state index is 12.8. The van der Waals surface area contributed by atoms with Crippen molar-refractivity contribution in [1.29, 1.82) is 0 Å². The minimum atomic E-state index is -1.77. The molecule has 0 saturated carbocycles. The van der Waals surface area contributed by atoms with Crippen molar-refractivity contribution in [3.63, 3.8) is 0 Å². The fraction of sp³-hybridized carbons (Fsp3) is 0.483. The Balaban J connectivity index is 1.52. The molecular formula is C29H36O15. The van der Waals surface area contributed by atoms with E-state index in [4.69, 9.17) is 23.7 Å². The lowest BCUT2D eigenvalue weighted by atomic mass is 9.97. The van der Waals surface area contributed by atoms with Crippen LogP contribution in [0.15, 0.2) is 42.5 Å². The van der Waals surface area contributed by atoms with Gasteiger partial charge < -0.3 is 69.6 Å². The van der Waals surface area contributed by atoms with E-state index >= 15 is 0 Å². The first kappa shape index (κ1) is 33.4. The smallest absolute Gasteiger partial charge is 0.331 e. The predicted octanol–water partition coefficient (Wildman–Crippen LogP) is -1.02. The molecule has 2 fully saturated rings. The number of aliphatic hydroxyl groups excluding tert-OH is 5. The standard InChI is InChI=1S/C29H36O15/c1-13-22(36)23(37)24(38)29(41-13)44-27-25(39)28(40-9-8-15-3-6-17(32)19(34)11-15)42-20(12-30)26(27)43-21(35)7-4-14-2-5-16(31)18(33)10-14/h2-7,10-11,13,20,22-34,36-39H,8-9,12H2,1H3/t13-,20-,22+,23-,24+,25-,26-,27+,28-,29+/m1/s1. The molecule has 0 spiro atoms. The molecule has 0 amide bonds. The number of aromatic hydroxyl groups is 4. The van der Waals surface area contributed by atoms with E-state index in [9.17, 15) is 50.8 Å². The van der Waals surface area contributed by atoms with E-state index in [1.54, 1.807) is 6.07 Å². The zero-order chi connectivity index (χ0) is 32.1. The quantitative estimate of drug-likeness (QED) is 0.0873. The van der Waals surface area contributed by atoms with Crippen molar-refractivity contribution in [2.24, 2.45) is 0 Å². The Bertz CT molecular complexity index is 1300. The van der Waals surface area contributed by atoms with E-state index < -0.39 is 79.7 Å². The molecule has 0 aromatic heterocycles. The number of phenols is 4. The average molecular weight is 625 g/mol. The van der Waals surface area contributed by atoms with E-state index in [0.29, 0.717) is 11.1 Å². The van der Waals surface area contributed by atoms with Gasteiger partial charge in [0.2, 0.25) is 0 Å². The average Bonchev–Trinajstić information content (AvgIpc) is 2.99. The highest BCUT2D eigenvalue weighted by molar-refractivity contribution is 5.87. The highest BCUT2D eigenvalue weighted by atomic mass is 16.7. The third kappa shape index (κ3) is 7.76. The number of hydrogen-bond donors (Lipinski definition) is 9. The highest BCUT2D eigenvalue weighted by Crippen LogP contribution is 2.32. The summed E-state index contributed by atoms with van der Waals surface area (Å²) in [5.41, 5.74) is 0.914. The van der Waals surface area contributed by atoms with Crippen LogP contribution in [0, 0.1) is 0 Å². The number of esters is 1. The van der Waals surface area contributed by atoms with Crippen molar-refractivity contribution >= 4 is 12.0 Å². The van der Waals surface area contributed by atoms with Crippen LogP contribution in [-0.2, 0) is 34.9 Å². The number of benzene rings is 2. The molecule has 2 aromatic rings. The van der Waals surface area contributed by atoms with Crippen LogP contribution in [0.1, 0.15) is 18.1 Å². The second kappa shape index (κ2) is 14.5. The Hall–Kier alpha value is -3.51. The van der Waals surface area contributed by atoms with E-state index in [0.717, 1.165) is 6.08 Å². The second-order valence-electron chi connectivity index (χ2n) is 10.4. The summed E-state index contributed by atoms with van der Waals surface area (Å²) in [4.78, 5) is 12.8. The molecule has 0 bridgehead atoms. The third-order valence-corrected chi connectivity index (χ3v) is 7.27. The molecule has 9 N–H and O–H groups in total. The van der Waals surface area contributed by atoms with Crippen LogP contribution in [0.5, 0.6) is 23.0 Å². The molecule has 0 radical (unpaired) electrons.